The van der Waals surface area contributed by atoms with E-state index in [1.807, 2.05) is 0 Å². The first-order valence-electron chi connectivity index (χ1n) is 6.04. The molecule has 1 heteroatoms. The summed E-state index contributed by atoms with van der Waals surface area (Å²) in [6.45, 7) is 13.6. The van der Waals surface area contributed by atoms with Crippen molar-refractivity contribution in [1.82, 2.24) is 0 Å². The summed E-state index contributed by atoms with van der Waals surface area (Å²) in [5.41, 5.74) is 0. The second-order valence-corrected chi connectivity index (χ2v) is 4.78. The van der Waals surface area contributed by atoms with Crippen LogP contribution in [0.25, 0.3) is 0 Å². The first-order valence-corrected chi connectivity index (χ1v) is 6.04. The average molecular weight is 184 g/mol. The van der Waals surface area contributed by atoms with Gasteiger partial charge in [-0.1, -0.05) is 13.8 Å². The van der Waals surface area contributed by atoms with Crippen LogP contribution in [0, 0.1) is 5.92 Å². The molecule has 2 atom stereocenters. The lowest BCUT2D eigenvalue weighted by atomic mass is 9.89. The van der Waals surface area contributed by atoms with Gasteiger partial charge in [0.15, 0.2) is 0 Å². The number of likely N-dealkylation sites (tertiary alicyclic amines) is 1. The fraction of sp³-hybridized carbons (Fsp3) is 1.00. The first-order chi connectivity index (χ1) is 6.18. The lowest BCUT2D eigenvalue weighted by molar-refractivity contribution is -0.956. The first kappa shape index (κ1) is 11.0. The summed E-state index contributed by atoms with van der Waals surface area (Å²) < 4.78 is 1.39. The maximum Gasteiger partial charge on any atom is 0.0887 e. The summed E-state index contributed by atoms with van der Waals surface area (Å²) in [5, 5.41) is 0. The van der Waals surface area contributed by atoms with E-state index >= 15 is 0 Å². The minimum absolute atomic E-state index is 0.947. The lowest BCUT2D eigenvalue weighted by Gasteiger charge is -2.48. The van der Waals surface area contributed by atoms with E-state index in [1.165, 1.54) is 43.4 Å². The minimum Gasteiger partial charge on any atom is -0.321 e. The standard InChI is InChI=1S/C12H26N/c1-5-12-9-8-11(4)10-13(12,6-2)7-3/h11-12H,5-10H2,1-4H3/q+1. The highest BCUT2D eigenvalue weighted by molar-refractivity contribution is 4.69. The van der Waals surface area contributed by atoms with Crippen molar-refractivity contribution >= 4 is 0 Å². The molecule has 0 radical (unpaired) electrons. The third-order valence-electron chi connectivity index (χ3n) is 4.17. The number of quaternary nitrogens is 1. The van der Waals surface area contributed by atoms with Crippen molar-refractivity contribution in [3.8, 4) is 0 Å². The zero-order valence-electron chi connectivity index (χ0n) is 9.84. The van der Waals surface area contributed by atoms with Gasteiger partial charge in [0, 0.05) is 5.92 Å². The van der Waals surface area contributed by atoms with E-state index in [2.05, 4.69) is 27.7 Å². The van der Waals surface area contributed by atoms with Crippen LogP contribution in [0.3, 0.4) is 0 Å². The molecule has 1 rings (SSSR count). The second kappa shape index (κ2) is 4.45. The minimum atomic E-state index is 0.947. The Bertz CT molecular complexity index is 149. The lowest BCUT2D eigenvalue weighted by Crippen LogP contribution is -2.59. The van der Waals surface area contributed by atoms with Crippen LogP contribution in [0.5, 0.6) is 0 Å². The van der Waals surface area contributed by atoms with Crippen LogP contribution in [0.15, 0.2) is 0 Å². The van der Waals surface area contributed by atoms with Crippen LogP contribution in [0.4, 0.5) is 0 Å². The van der Waals surface area contributed by atoms with Gasteiger partial charge in [0.25, 0.3) is 0 Å². The molecule has 0 amide bonds. The van der Waals surface area contributed by atoms with Crippen LogP contribution in [0.1, 0.15) is 47.0 Å². The monoisotopic (exact) mass is 184 g/mol. The Labute approximate surface area is 83.7 Å². The maximum absolute atomic E-state index is 2.42. The Morgan fingerprint density at radius 1 is 1.08 bits per heavy atom. The molecular formula is C12H26N+. The van der Waals surface area contributed by atoms with Gasteiger partial charge in [0.2, 0.25) is 0 Å². The molecule has 13 heavy (non-hydrogen) atoms. The van der Waals surface area contributed by atoms with Gasteiger partial charge in [-0.2, -0.15) is 0 Å². The highest BCUT2D eigenvalue weighted by Gasteiger charge is 2.37. The quantitative estimate of drug-likeness (QED) is 0.591. The van der Waals surface area contributed by atoms with Crippen LogP contribution >= 0.6 is 0 Å². The molecule has 0 aromatic carbocycles. The van der Waals surface area contributed by atoms with Crippen LogP contribution in [-0.4, -0.2) is 30.2 Å². The number of rotatable bonds is 3. The van der Waals surface area contributed by atoms with Crippen molar-refractivity contribution in [2.24, 2.45) is 5.92 Å². The zero-order valence-corrected chi connectivity index (χ0v) is 9.84. The molecular weight excluding hydrogens is 158 g/mol. The van der Waals surface area contributed by atoms with Gasteiger partial charge < -0.3 is 4.48 Å². The van der Waals surface area contributed by atoms with Crippen LogP contribution in [-0.2, 0) is 0 Å². The molecule has 1 aliphatic rings. The SMILES string of the molecule is CCC1CCC(C)C[N+]1(CC)CC. The second-order valence-electron chi connectivity index (χ2n) is 4.78. The Morgan fingerprint density at radius 3 is 2.15 bits per heavy atom. The predicted octanol–water partition coefficient (Wildman–Crippen LogP) is 3.05. The van der Waals surface area contributed by atoms with Gasteiger partial charge in [0.05, 0.1) is 25.7 Å². The number of hydrogen-bond donors (Lipinski definition) is 0. The molecule has 2 unspecified atom stereocenters. The molecule has 1 nitrogen and oxygen atoms in total. The Morgan fingerprint density at radius 2 is 1.69 bits per heavy atom. The molecule has 0 aromatic heterocycles. The summed E-state index contributed by atoms with van der Waals surface area (Å²) in [4.78, 5) is 0. The number of hydrogen-bond acceptors (Lipinski definition) is 0. The molecule has 0 N–H and O–H groups in total. The summed E-state index contributed by atoms with van der Waals surface area (Å²) in [6.07, 6.45) is 4.28. The highest BCUT2D eigenvalue weighted by Crippen LogP contribution is 2.30. The predicted molar refractivity (Wildman–Crippen MR) is 58.7 cm³/mol. The summed E-state index contributed by atoms with van der Waals surface area (Å²) in [5.74, 6) is 0.947. The van der Waals surface area contributed by atoms with E-state index < -0.39 is 0 Å². The smallest absolute Gasteiger partial charge is 0.0887 e. The zero-order chi connectivity index (χ0) is 9.90. The Kier molecular flexibility index (Phi) is 3.78. The molecule has 78 valence electrons. The molecule has 0 aliphatic carbocycles. The van der Waals surface area contributed by atoms with Crippen molar-refractivity contribution in [2.45, 2.75) is 53.0 Å². The summed E-state index contributed by atoms with van der Waals surface area (Å²) >= 11 is 0. The van der Waals surface area contributed by atoms with Crippen molar-refractivity contribution in [2.75, 3.05) is 19.6 Å². The topological polar surface area (TPSA) is 0 Å². The van der Waals surface area contributed by atoms with E-state index in [0.717, 1.165) is 12.0 Å². The van der Waals surface area contributed by atoms with Crippen molar-refractivity contribution in [3.63, 3.8) is 0 Å². The fourth-order valence-corrected chi connectivity index (χ4v) is 3.20. The van der Waals surface area contributed by atoms with E-state index in [0.29, 0.717) is 0 Å². The molecule has 0 aromatic rings. The van der Waals surface area contributed by atoms with E-state index in [9.17, 15) is 0 Å². The van der Waals surface area contributed by atoms with Gasteiger partial charge in [-0.25, -0.2) is 0 Å². The summed E-state index contributed by atoms with van der Waals surface area (Å²) in [6, 6.07) is 0.950. The number of piperidine rings is 1. The molecule has 1 saturated heterocycles. The van der Waals surface area contributed by atoms with Crippen molar-refractivity contribution < 1.29 is 4.48 Å². The van der Waals surface area contributed by atoms with E-state index in [1.54, 1.807) is 0 Å². The molecule has 1 aliphatic heterocycles. The third-order valence-corrected chi connectivity index (χ3v) is 4.17. The normalized spacial score (nSPS) is 33.2. The van der Waals surface area contributed by atoms with E-state index in [4.69, 9.17) is 0 Å². The van der Waals surface area contributed by atoms with Gasteiger partial charge >= 0.3 is 0 Å². The van der Waals surface area contributed by atoms with Gasteiger partial charge in [0.1, 0.15) is 0 Å². The molecule has 0 spiro atoms. The van der Waals surface area contributed by atoms with Gasteiger partial charge in [-0.05, 0) is 33.1 Å². The molecule has 0 saturated carbocycles. The van der Waals surface area contributed by atoms with Gasteiger partial charge in [-0.3, -0.25) is 0 Å². The number of nitrogens with zero attached hydrogens (tertiary/aromatic N) is 1. The highest BCUT2D eigenvalue weighted by atomic mass is 15.4. The average Bonchev–Trinajstić information content (AvgIpc) is 2.17. The van der Waals surface area contributed by atoms with Crippen LogP contribution in [0.2, 0.25) is 0 Å². The molecule has 1 heterocycles. The molecule has 1 fully saturated rings. The van der Waals surface area contributed by atoms with E-state index in [-0.39, 0.29) is 0 Å². The van der Waals surface area contributed by atoms with Crippen molar-refractivity contribution in [1.29, 1.82) is 0 Å². The largest absolute Gasteiger partial charge is 0.321 e. The Balaban J connectivity index is 2.73. The van der Waals surface area contributed by atoms with Gasteiger partial charge in [-0.15, -0.1) is 0 Å². The third kappa shape index (κ3) is 2.07. The fourth-order valence-electron chi connectivity index (χ4n) is 3.20. The maximum atomic E-state index is 2.42. The molecule has 0 bridgehead atoms. The van der Waals surface area contributed by atoms with Crippen molar-refractivity contribution in [3.05, 3.63) is 0 Å². The van der Waals surface area contributed by atoms with Crippen LogP contribution < -0.4 is 0 Å². The summed E-state index contributed by atoms with van der Waals surface area (Å²) in [7, 11) is 0. The Hall–Kier alpha value is -0.0400.